The minimum absolute atomic E-state index is 0.0301. The van der Waals surface area contributed by atoms with Crippen LogP contribution in [-0.2, 0) is 9.59 Å². The molecule has 0 aromatic heterocycles. The van der Waals surface area contributed by atoms with Crippen LogP contribution in [-0.4, -0.2) is 48.8 Å². The Hall–Kier alpha value is -4.33. The second-order valence-corrected chi connectivity index (χ2v) is 8.50. The maximum atomic E-state index is 13.7. The summed E-state index contributed by atoms with van der Waals surface area (Å²) < 4.78 is 11.0. The maximum absolute atomic E-state index is 13.7. The van der Waals surface area contributed by atoms with Crippen LogP contribution in [0.4, 0.5) is 5.69 Å². The van der Waals surface area contributed by atoms with Crippen LogP contribution in [0, 0.1) is 0 Å². The number of primary amides is 1. The molecular formula is C27H26N4O4. The standard InChI is InChI=1S/C27H26N4O4/c1-34-20-13-11-19(12-14-20)23-15-21(18-7-3-2-4-8-18)29-31(23)26(32)17-30-16-25(27(28)33)35-24-10-6-5-9-22(24)30/h2-14,23,25H,15-17H2,1H3,(H2,28,33)/t23-,25+/m1/s1. The zero-order valence-corrected chi connectivity index (χ0v) is 19.3. The Morgan fingerprint density at radius 1 is 1.03 bits per heavy atom. The van der Waals surface area contributed by atoms with Gasteiger partial charge in [0, 0.05) is 6.42 Å². The molecule has 2 amide bonds. The van der Waals surface area contributed by atoms with Gasteiger partial charge >= 0.3 is 0 Å². The molecule has 0 unspecified atom stereocenters. The van der Waals surface area contributed by atoms with E-state index in [0.29, 0.717) is 12.2 Å². The van der Waals surface area contributed by atoms with Crippen molar-refractivity contribution in [2.45, 2.75) is 18.6 Å². The number of hydrazone groups is 1. The number of methoxy groups -OCH3 is 1. The van der Waals surface area contributed by atoms with Crippen molar-refractivity contribution in [2.24, 2.45) is 10.8 Å². The lowest BCUT2D eigenvalue weighted by atomic mass is 9.98. The minimum atomic E-state index is -0.836. The van der Waals surface area contributed by atoms with Crippen molar-refractivity contribution in [3.8, 4) is 11.5 Å². The van der Waals surface area contributed by atoms with Crippen LogP contribution in [0.25, 0.3) is 0 Å². The molecule has 8 heteroatoms. The molecule has 5 rings (SSSR count). The van der Waals surface area contributed by atoms with Crippen molar-refractivity contribution in [1.29, 1.82) is 0 Å². The summed E-state index contributed by atoms with van der Waals surface area (Å²) in [5.41, 5.74) is 9.05. The summed E-state index contributed by atoms with van der Waals surface area (Å²) in [6, 6.07) is 24.6. The second-order valence-electron chi connectivity index (χ2n) is 8.50. The molecule has 0 saturated carbocycles. The quantitative estimate of drug-likeness (QED) is 0.597. The normalized spacial score (nSPS) is 18.9. The number of nitrogens with two attached hydrogens (primary N) is 1. The third-order valence-electron chi connectivity index (χ3n) is 6.28. The highest BCUT2D eigenvalue weighted by Gasteiger charge is 2.36. The monoisotopic (exact) mass is 470 g/mol. The molecule has 0 spiro atoms. The van der Waals surface area contributed by atoms with E-state index >= 15 is 0 Å². The van der Waals surface area contributed by atoms with E-state index in [-0.39, 0.29) is 25.0 Å². The lowest BCUT2D eigenvalue weighted by molar-refractivity contribution is -0.132. The molecule has 2 aliphatic heterocycles. The Balaban J connectivity index is 1.45. The van der Waals surface area contributed by atoms with Crippen molar-refractivity contribution >= 4 is 23.2 Å². The first-order valence-corrected chi connectivity index (χ1v) is 11.4. The van der Waals surface area contributed by atoms with Gasteiger partial charge in [0.25, 0.3) is 11.8 Å². The van der Waals surface area contributed by atoms with Gasteiger partial charge in [-0.15, -0.1) is 0 Å². The highest BCUT2D eigenvalue weighted by Crippen LogP contribution is 2.36. The topological polar surface area (TPSA) is 97.5 Å². The van der Waals surface area contributed by atoms with Gasteiger partial charge in [-0.2, -0.15) is 5.10 Å². The first-order chi connectivity index (χ1) is 17.0. The Labute approximate surface area is 203 Å². The molecule has 8 nitrogen and oxygen atoms in total. The average molecular weight is 471 g/mol. The molecule has 3 aromatic rings. The number of hydrogen-bond acceptors (Lipinski definition) is 6. The van der Waals surface area contributed by atoms with Gasteiger partial charge in [-0.25, -0.2) is 5.01 Å². The average Bonchev–Trinajstić information content (AvgIpc) is 3.35. The first-order valence-electron chi connectivity index (χ1n) is 11.4. The van der Waals surface area contributed by atoms with Crippen LogP contribution in [0.15, 0.2) is 84.0 Å². The van der Waals surface area contributed by atoms with E-state index in [4.69, 9.17) is 20.3 Å². The van der Waals surface area contributed by atoms with Crippen molar-refractivity contribution in [3.05, 3.63) is 90.0 Å². The number of ether oxygens (including phenoxy) is 2. The summed E-state index contributed by atoms with van der Waals surface area (Å²) in [7, 11) is 1.62. The Kier molecular flexibility index (Phi) is 6.10. The number of para-hydroxylation sites is 2. The van der Waals surface area contributed by atoms with E-state index in [0.717, 1.165) is 28.3 Å². The predicted molar refractivity (Wildman–Crippen MR) is 132 cm³/mol. The molecule has 0 bridgehead atoms. The van der Waals surface area contributed by atoms with E-state index < -0.39 is 12.0 Å². The van der Waals surface area contributed by atoms with Crippen LogP contribution < -0.4 is 20.1 Å². The van der Waals surface area contributed by atoms with E-state index in [1.807, 2.05) is 77.7 Å². The summed E-state index contributed by atoms with van der Waals surface area (Å²) in [6.45, 7) is 0.219. The smallest absolute Gasteiger partial charge is 0.262 e. The van der Waals surface area contributed by atoms with Gasteiger partial charge in [-0.05, 0) is 35.4 Å². The molecule has 0 aliphatic carbocycles. The van der Waals surface area contributed by atoms with Crippen molar-refractivity contribution < 1.29 is 19.1 Å². The van der Waals surface area contributed by atoms with Crippen molar-refractivity contribution in [1.82, 2.24) is 5.01 Å². The number of fused-ring (bicyclic) bond motifs is 1. The fourth-order valence-electron chi connectivity index (χ4n) is 4.47. The van der Waals surface area contributed by atoms with E-state index in [2.05, 4.69) is 0 Å². The van der Waals surface area contributed by atoms with Gasteiger partial charge in [0.05, 0.1) is 37.6 Å². The second kappa shape index (κ2) is 9.50. The van der Waals surface area contributed by atoms with Gasteiger partial charge in [0.1, 0.15) is 11.5 Å². The van der Waals surface area contributed by atoms with Gasteiger partial charge in [-0.3, -0.25) is 9.59 Å². The molecule has 2 N–H and O–H groups in total. The number of rotatable bonds is 6. The van der Waals surface area contributed by atoms with Crippen LogP contribution >= 0.6 is 0 Å². The molecule has 0 saturated heterocycles. The number of nitrogens with zero attached hydrogens (tertiary/aromatic N) is 3. The number of amides is 2. The molecule has 178 valence electrons. The highest BCUT2D eigenvalue weighted by atomic mass is 16.5. The zero-order chi connectivity index (χ0) is 24.4. The van der Waals surface area contributed by atoms with Gasteiger partial charge in [0.15, 0.2) is 6.10 Å². The molecule has 2 heterocycles. The fraction of sp³-hybridized carbons (Fsp3) is 0.222. The Morgan fingerprint density at radius 3 is 2.46 bits per heavy atom. The fourth-order valence-corrected chi connectivity index (χ4v) is 4.47. The van der Waals surface area contributed by atoms with E-state index in [1.165, 1.54) is 0 Å². The molecule has 0 radical (unpaired) electrons. The third kappa shape index (κ3) is 4.55. The van der Waals surface area contributed by atoms with Gasteiger partial charge in [0.2, 0.25) is 0 Å². The number of carbonyl (C=O) groups is 2. The molecule has 2 aliphatic rings. The van der Waals surface area contributed by atoms with Crippen molar-refractivity contribution in [2.75, 3.05) is 25.1 Å². The zero-order valence-electron chi connectivity index (χ0n) is 19.3. The summed E-state index contributed by atoms with van der Waals surface area (Å²) in [5, 5.41) is 6.31. The number of hydrogen-bond donors (Lipinski definition) is 1. The lowest BCUT2D eigenvalue weighted by Crippen LogP contribution is -2.50. The molecular weight excluding hydrogens is 444 g/mol. The molecule has 3 aromatic carbocycles. The Morgan fingerprint density at radius 2 is 1.74 bits per heavy atom. The number of carbonyl (C=O) groups excluding carboxylic acids is 2. The Bertz CT molecular complexity index is 1260. The number of benzene rings is 3. The first kappa shape index (κ1) is 22.5. The largest absolute Gasteiger partial charge is 0.497 e. The summed E-state index contributed by atoms with van der Waals surface area (Å²) in [6.07, 6.45) is -0.247. The van der Waals surface area contributed by atoms with Crippen LogP contribution in [0.1, 0.15) is 23.6 Å². The minimum Gasteiger partial charge on any atom is -0.497 e. The summed E-state index contributed by atoms with van der Waals surface area (Å²) in [4.78, 5) is 27.4. The van der Waals surface area contributed by atoms with Crippen LogP contribution in [0.2, 0.25) is 0 Å². The van der Waals surface area contributed by atoms with Crippen molar-refractivity contribution in [3.63, 3.8) is 0 Å². The third-order valence-corrected chi connectivity index (χ3v) is 6.28. The summed E-state index contributed by atoms with van der Waals surface area (Å²) >= 11 is 0. The van der Waals surface area contributed by atoms with E-state index in [1.54, 1.807) is 18.2 Å². The molecule has 0 fully saturated rings. The number of anilines is 1. The molecule has 35 heavy (non-hydrogen) atoms. The predicted octanol–water partition coefficient (Wildman–Crippen LogP) is 3.13. The van der Waals surface area contributed by atoms with Gasteiger partial charge < -0.3 is 20.1 Å². The summed E-state index contributed by atoms with van der Waals surface area (Å²) in [5.74, 6) is 0.517. The van der Waals surface area contributed by atoms with E-state index in [9.17, 15) is 9.59 Å². The highest BCUT2D eigenvalue weighted by molar-refractivity contribution is 6.03. The SMILES string of the molecule is COc1ccc([C@H]2CC(c3ccccc3)=NN2C(=O)CN2C[C@@H](C(N)=O)Oc3ccccc32)cc1. The van der Waals surface area contributed by atoms with Crippen LogP contribution in [0.3, 0.4) is 0 Å². The maximum Gasteiger partial charge on any atom is 0.262 e. The van der Waals surface area contributed by atoms with Gasteiger partial charge in [-0.1, -0.05) is 54.6 Å². The van der Waals surface area contributed by atoms with Crippen LogP contribution in [0.5, 0.6) is 11.5 Å². The molecule has 2 atom stereocenters. The lowest BCUT2D eigenvalue weighted by Gasteiger charge is -2.35.